The number of rotatable bonds is 3. The standard InChI is InChI=1S/C9H17NO2/c1-12-7-6-8-4-2-3-5-9(11)10-8/h8H,2-7H2,1H3,(H,10,11). The van der Waals surface area contributed by atoms with Crippen LogP contribution in [0.15, 0.2) is 0 Å². The average molecular weight is 171 g/mol. The van der Waals surface area contributed by atoms with E-state index in [4.69, 9.17) is 4.74 Å². The highest BCUT2D eigenvalue weighted by Gasteiger charge is 2.15. The van der Waals surface area contributed by atoms with Crippen LogP contribution >= 0.6 is 0 Å². The molecule has 12 heavy (non-hydrogen) atoms. The predicted molar refractivity (Wildman–Crippen MR) is 46.9 cm³/mol. The van der Waals surface area contributed by atoms with Gasteiger partial charge in [0.05, 0.1) is 0 Å². The molecule has 1 N–H and O–H groups in total. The molecule has 0 aliphatic carbocycles. The maximum Gasteiger partial charge on any atom is 0.220 e. The number of amides is 1. The van der Waals surface area contributed by atoms with E-state index < -0.39 is 0 Å². The molecule has 0 bridgehead atoms. The molecule has 3 heteroatoms. The summed E-state index contributed by atoms with van der Waals surface area (Å²) in [6.45, 7) is 0.741. The van der Waals surface area contributed by atoms with E-state index in [1.165, 1.54) is 0 Å². The summed E-state index contributed by atoms with van der Waals surface area (Å²) in [6.07, 6.45) is 4.95. The molecular formula is C9H17NO2. The molecule has 1 fully saturated rings. The number of nitrogens with one attached hydrogen (secondary N) is 1. The fourth-order valence-electron chi connectivity index (χ4n) is 1.52. The summed E-state index contributed by atoms with van der Waals surface area (Å²) in [5.41, 5.74) is 0. The highest BCUT2D eigenvalue weighted by Crippen LogP contribution is 2.11. The Morgan fingerprint density at radius 3 is 3.17 bits per heavy atom. The summed E-state index contributed by atoms with van der Waals surface area (Å²) < 4.78 is 4.97. The molecule has 0 aromatic heterocycles. The molecule has 1 heterocycles. The fraction of sp³-hybridized carbons (Fsp3) is 0.889. The largest absolute Gasteiger partial charge is 0.385 e. The SMILES string of the molecule is COCCC1CCCCC(=O)N1. The highest BCUT2D eigenvalue weighted by molar-refractivity contribution is 5.76. The van der Waals surface area contributed by atoms with Crippen molar-refractivity contribution in [1.82, 2.24) is 5.32 Å². The molecule has 3 nitrogen and oxygen atoms in total. The van der Waals surface area contributed by atoms with Gasteiger partial charge < -0.3 is 10.1 Å². The maximum absolute atomic E-state index is 11.1. The molecule has 0 radical (unpaired) electrons. The van der Waals surface area contributed by atoms with Gasteiger partial charge in [0.1, 0.15) is 0 Å². The highest BCUT2D eigenvalue weighted by atomic mass is 16.5. The van der Waals surface area contributed by atoms with Gasteiger partial charge in [0.25, 0.3) is 0 Å². The molecule has 1 aliphatic heterocycles. The van der Waals surface area contributed by atoms with E-state index in [-0.39, 0.29) is 5.91 Å². The van der Waals surface area contributed by atoms with E-state index in [9.17, 15) is 4.79 Å². The van der Waals surface area contributed by atoms with E-state index in [1.54, 1.807) is 7.11 Å². The van der Waals surface area contributed by atoms with Crippen molar-refractivity contribution < 1.29 is 9.53 Å². The zero-order valence-electron chi connectivity index (χ0n) is 7.64. The van der Waals surface area contributed by atoms with Gasteiger partial charge in [0, 0.05) is 26.2 Å². The molecule has 1 unspecified atom stereocenters. The van der Waals surface area contributed by atoms with Crippen LogP contribution in [0.4, 0.5) is 0 Å². The first kappa shape index (κ1) is 9.52. The van der Waals surface area contributed by atoms with Crippen LogP contribution in [0.25, 0.3) is 0 Å². The Morgan fingerprint density at radius 1 is 1.58 bits per heavy atom. The van der Waals surface area contributed by atoms with Gasteiger partial charge in [-0.15, -0.1) is 0 Å². The average Bonchev–Trinajstić information content (AvgIpc) is 2.26. The lowest BCUT2D eigenvalue weighted by Crippen LogP contribution is -2.33. The summed E-state index contributed by atoms with van der Waals surface area (Å²) in [5, 5.41) is 2.99. The third kappa shape index (κ3) is 3.22. The van der Waals surface area contributed by atoms with Crippen LogP contribution in [0.5, 0.6) is 0 Å². The second-order valence-corrected chi connectivity index (χ2v) is 3.29. The van der Waals surface area contributed by atoms with E-state index in [2.05, 4.69) is 5.32 Å². The van der Waals surface area contributed by atoms with Gasteiger partial charge in [-0.05, 0) is 19.3 Å². The van der Waals surface area contributed by atoms with E-state index in [0.29, 0.717) is 12.5 Å². The second-order valence-electron chi connectivity index (χ2n) is 3.29. The molecule has 1 atom stereocenters. The van der Waals surface area contributed by atoms with Crippen LogP contribution in [0.3, 0.4) is 0 Å². The smallest absolute Gasteiger partial charge is 0.220 e. The predicted octanol–water partition coefficient (Wildman–Crippen LogP) is 1.08. The van der Waals surface area contributed by atoms with Crippen molar-refractivity contribution in [1.29, 1.82) is 0 Å². The first-order valence-electron chi connectivity index (χ1n) is 4.61. The molecule has 1 saturated heterocycles. The number of methoxy groups -OCH3 is 1. The summed E-state index contributed by atoms with van der Waals surface area (Å²) in [7, 11) is 1.69. The van der Waals surface area contributed by atoms with Crippen molar-refractivity contribution in [2.45, 2.75) is 38.1 Å². The zero-order chi connectivity index (χ0) is 8.81. The summed E-state index contributed by atoms with van der Waals surface area (Å²) in [6, 6.07) is 0.347. The number of hydrogen-bond donors (Lipinski definition) is 1. The number of hydrogen-bond acceptors (Lipinski definition) is 2. The van der Waals surface area contributed by atoms with Gasteiger partial charge in [0.2, 0.25) is 5.91 Å². The molecule has 0 aromatic rings. The zero-order valence-corrected chi connectivity index (χ0v) is 7.64. The minimum Gasteiger partial charge on any atom is -0.385 e. The molecule has 0 spiro atoms. The third-order valence-electron chi connectivity index (χ3n) is 2.24. The molecule has 0 saturated carbocycles. The van der Waals surface area contributed by atoms with E-state index in [1.807, 2.05) is 0 Å². The monoisotopic (exact) mass is 171 g/mol. The molecule has 1 amide bonds. The van der Waals surface area contributed by atoms with Crippen LogP contribution < -0.4 is 5.32 Å². The minimum atomic E-state index is 0.202. The van der Waals surface area contributed by atoms with Crippen LogP contribution in [0.1, 0.15) is 32.1 Å². The number of carbonyl (C=O) groups excluding carboxylic acids is 1. The van der Waals surface area contributed by atoms with Crippen LogP contribution in [0, 0.1) is 0 Å². The summed E-state index contributed by atoms with van der Waals surface area (Å²) in [4.78, 5) is 11.1. The lowest BCUT2D eigenvalue weighted by molar-refractivity contribution is -0.121. The maximum atomic E-state index is 11.1. The first-order chi connectivity index (χ1) is 5.83. The van der Waals surface area contributed by atoms with E-state index >= 15 is 0 Å². The van der Waals surface area contributed by atoms with Gasteiger partial charge in [-0.25, -0.2) is 0 Å². The van der Waals surface area contributed by atoms with Crippen molar-refractivity contribution in [2.75, 3.05) is 13.7 Å². The van der Waals surface area contributed by atoms with Gasteiger partial charge in [0.15, 0.2) is 0 Å². The Hall–Kier alpha value is -0.570. The Labute approximate surface area is 73.5 Å². The Kier molecular flexibility index (Phi) is 4.08. The summed E-state index contributed by atoms with van der Waals surface area (Å²) in [5.74, 6) is 0.202. The van der Waals surface area contributed by atoms with Crippen LogP contribution in [-0.4, -0.2) is 25.7 Å². The molecule has 1 rings (SSSR count). The molecule has 0 aromatic carbocycles. The normalized spacial score (nSPS) is 24.8. The van der Waals surface area contributed by atoms with Crippen molar-refractivity contribution in [2.24, 2.45) is 0 Å². The third-order valence-corrected chi connectivity index (χ3v) is 2.24. The summed E-state index contributed by atoms with van der Waals surface area (Å²) >= 11 is 0. The second kappa shape index (κ2) is 5.14. The van der Waals surface area contributed by atoms with Crippen molar-refractivity contribution >= 4 is 5.91 Å². The molecule has 1 aliphatic rings. The van der Waals surface area contributed by atoms with Crippen molar-refractivity contribution in [3.63, 3.8) is 0 Å². The topological polar surface area (TPSA) is 38.3 Å². The van der Waals surface area contributed by atoms with Crippen molar-refractivity contribution in [3.8, 4) is 0 Å². The fourth-order valence-corrected chi connectivity index (χ4v) is 1.52. The van der Waals surface area contributed by atoms with Crippen LogP contribution in [0.2, 0.25) is 0 Å². The quantitative estimate of drug-likeness (QED) is 0.690. The van der Waals surface area contributed by atoms with Gasteiger partial charge in [-0.1, -0.05) is 6.42 Å². The Balaban J connectivity index is 2.26. The Morgan fingerprint density at radius 2 is 2.42 bits per heavy atom. The number of carbonyl (C=O) groups is 1. The lowest BCUT2D eigenvalue weighted by atomic mass is 10.1. The molecular weight excluding hydrogens is 154 g/mol. The lowest BCUT2D eigenvalue weighted by Gasteiger charge is -2.14. The van der Waals surface area contributed by atoms with Gasteiger partial charge in [-0.3, -0.25) is 4.79 Å². The van der Waals surface area contributed by atoms with Gasteiger partial charge >= 0.3 is 0 Å². The van der Waals surface area contributed by atoms with Crippen LogP contribution in [-0.2, 0) is 9.53 Å². The van der Waals surface area contributed by atoms with Gasteiger partial charge in [-0.2, -0.15) is 0 Å². The Bertz CT molecular complexity index is 147. The first-order valence-corrected chi connectivity index (χ1v) is 4.61. The van der Waals surface area contributed by atoms with E-state index in [0.717, 1.165) is 32.3 Å². The van der Waals surface area contributed by atoms with Crippen molar-refractivity contribution in [3.05, 3.63) is 0 Å². The number of ether oxygens (including phenoxy) is 1. The minimum absolute atomic E-state index is 0.202. The molecule has 70 valence electrons.